The van der Waals surface area contributed by atoms with Crippen molar-refractivity contribution in [3.05, 3.63) is 0 Å². The monoisotopic (exact) mass is 366 g/mol. The van der Waals surface area contributed by atoms with E-state index < -0.39 is 0 Å². The van der Waals surface area contributed by atoms with E-state index in [1.165, 1.54) is 127 Å². The summed E-state index contributed by atoms with van der Waals surface area (Å²) >= 11 is 5.61. The summed E-state index contributed by atoms with van der Waals surface area (Å²) in [5.41, 5.74) is 0. The van der Waals surface area contributed by atoms with Crippen LogP contribution < -0.4 is 0 Å². The molecule has 1 rings (SSSR count). The molecule has 0 amide bonds. The van der Waals surface area contributed by atoms with Gasteiger partial charge in [-0.2, -0.15) is 0 Å². The Kier molecular flexibility index (Phi) is 15.1. The summed E-state index contributed by atoms with van der Waals surface area (Å²) in [6.07, 6.45) is 26.8. The molecule has 0 aromatic rings. The summed E-state index contributed by atoms with van der Waals surface area (Å²) < 4.78 is 0. The van der Waals surface area contributed by atoms with Gasteiger partial charge in [0, 0.05) is 0 Å². The van der Waals surface area contributed by atoms with Crippen molar-refractivity contribution >= 4 is 17.1 Å². The Hall–Kier alpha value is 0.0900. The lowest BCUT2D eigenvalue weighted by atomic mass is 9.86. The summed E-state index contributed by atoms with van der Waals surface area (Å²) in [7, 11) is 0. The van der Waals surface area contributed by atoms with Crippen molar-refractivity contribution in [2.45, 2.75) is 136 Å². The molecule has 2 atom stereocenters. The highest BCUT2D eigenvalue weighted by Crippen LogP contribution is 2.24. The fourth-order valence-electron chi connectivity index (χ4n) is 4.23. The molecular formula is C24H46S. The lowest BCUT2D eigenvalue weighted by Gasteiger charge is -2.20. The molecule has 0 heterocycles. The van der Waals surface area contributed by atoms with Gasteiger partial charge >= 0.3 is 0 Å². The van der Waals surface area contributed by atoms with Crippen LogP contribution in [0, 0.1) is 11.8 Å². The van der Waals surface area contributed by atoms with Gasteiger partial charge in [0.1, 0.15) is 0 Å². The standard InChI is InChI=1S/C24H46S/c1-22-18-15-13-11-9-7-5-3-4-6-8-10-12-14-16-20-24(25)21-17-19-23(22)2/h22-23H,3-21H2,1-2H3. The second kappa shape index (κ2) is 16.3. The van der Waals surface area contributed by atoms with Crippen molar-refractivity contribution in [3.63, 3.8) is 0 Å². The molecule has 0 nitrogen and oxygen atoms in total. The number of rotatable bonds is 0. The van der Waals surface area contributed by atoms with Gasteiger partial charge in [0.25, 0.3) is 0 Å². The SMILES string of the molecule is CC1CCCCCCCCCCCCCCCCC(=S)CCCC1C. The van der Waals surface area contributed by atoms with Gasteiger partial charge in [-0.3, -0.25) is 0 Å². The minimum absolute atomic E-state index is 0.876. The fourth-order valence-corrected chi connectivity index (χ4v) is 4.51. The Balaban J connectivity index is 2.24. The van der Waals surface area contributed by atoms with E-state index in [0.717, 1.165) is 11.8 Å². The van der Waals surface area contributed by atoms with Crippen molar-refractivity contribution in [1.82, 2.24) is 0 Å². The summed E-state index contributed by atoms with van der Waals surface area (Å²) in [5.74, 6) is 1.77. The van der Waals surface area contributed by atoms with Crippen molar-refractivity contribution in [3.8, 4) is 0 Å². The first kappa shape index (κ1) is 23.1. The Labute approximate surface area is 164 Å². The summed E-state index contributed by atoms with van der Waals surface area (Å²) in [6.45, 7) is 4.94. The molecule has 0 saturated heterocycles. The highest BCUT2D eigenvalue weighted by molar-refractivity contribution is 7.80. The molecule has 1 saturated carbocycles. The van der Waals surface area contributed by atoms with Gasteiger partial charge in [-0.05, 0) is 42.4 Å². The van der Waals surface area contributed by atoms with Gasteiger partial charge in [0.2, 0.25) is 0 Å². The Morgan fingerprint density at radius 3 is 1.28 bits per heavy atom. The van der Waals surface area contributed by atoms with E-state index in [1.54, 1.807) is 0 Å². The smallest absolute Gasteiger partial charge is 0.00715 e. The fraction of sp³-hybridized carbons (Fsp3) is 0.958. The molecule has 1 aliphatic carbocycles. The van der Waals surface area contributed by atoms with Crippen LogP contribution >= 0.6 is 12.2 Å². The maximum Gasteiger partial charge on any atom is -0.00715 e. The van der Waals surface area contributed by atoms with Gasteiger partial charge in [0.05, 0.1) is 0 Å². The molecule has 1 aliphatic rings. The largest absolute Gasteiger partial charge is 0.0897 e. The maximum absolute atomic E-state index is 5.61. The summed E-state index contributed by atoms with van der Waals surface area (Å²) in [5, 5.41) is 0. The zero-order valence-electron chi connectivity index (χ0n) is 17.5. The minimum atomic E-state index is 0.876. The summed E-state index contributed by atoms with van der Waals surface area (Å²) in [6, 6.07) is 0. The van der Waals surface area contributed by atoms with Crippen molar-refractivity contribution in [1.29, 1.82) is 0 Å². The van der Waals surface area contributed by atoms with E-state index >= 15 is 0 Å². The molecule has 0 aromatic carbocycles. The molecule has 0 aromatic heterocycles. The molecule has 2 unspecified atom stereocenters. The van der Waals surface area contributed by atoms with Gasteiger partial charge in [-0.1, -0.05) is 122 Å². The third-order valence-corrected chi connectivity index (χ3v) is 6.86. The van der Waals surface area contributed by atoms with E-state index in [0.29, 0.717) is 0 Å². The Morgan fingerprint density at radius 1 is 0.480 bits per heavy atom. The van der Waals surface area contributed by atoms with Crippen LogP contribution in [0.2, 0.25) is 0 Å². The van der Waals surface area contributed by atoms with E-state index in [2.05, 4.69) is 13.8 Å². The second-order valence-corrected chi connectivity index (χ2v) is 9.45. The highest BCUT2D eigenvalue weighted by Gasteiger charge is 2.12. The zero-order chi connectivity index (χ0) is 18.2. The van der Waals surface area contributed by atoms with E-state index in [9.17, 15) is 0 Å². The van der Waals surface area contributed by atoms with Crippen LogP contribution in [0.3, 0.4) is 0 Å². The van der Waals surface area contributed by atoms with Gasteiger partial charge in [-0.15, -0.1) is 0 Å². The van der Waals surface area contributed by atoms with Crippen LogP contribution in [0.15, 0.2) is 0 Å². The molecule has 148 valence electrons. The molecular weight excluding hydrogens is 320 g/mol. The third kappa shape index (κ3) is 13.9. The topological polar surface area (TPSA) is 0 Å². The van der Waals surface area contributed by atoms with Crippen molar-refractivity contribution in [2.75, 3.05) is 0 Å². The first-order valence-electron chi connectivity index (χ1n) is 11.7. The number of hydrogen-bond donors (Lipinski definition) is 0. The van der Waals surface area contributed by atoms with Gasteiger partial charge in [-0.25, -0.2) is 0 Å². The Morgan fingerprint density at radius 2 is 0.800 bits per heavy atom. The average molecular weight is 367 g/mol. The molecule has 0 aliphatic heterocycles. The lowest BCUT2D eigenvalue weighted by molar-refractivity contribution is 0.327. The first-order valence-corrected chi connectivity index (χ1v) is 12.1. The highest BCUT2D eigenvalue weighted by atomic mass is 32.1. The van der Waals surface area contributed by atoms with Crippen LogP contribution in [0.25, 0.3) is 0 Å². The molecule has 1 heteroatoms. The predicted octanol–water partition coefficient (Wildman–Crippen LogP) is 9.05. The third-order valence-electron chi connectivity index (χ3n) is 6.45. The predicted molar refractivity (Wildman–Crippen MR) is 119 cm³/mol. The molecule has 25 heavy (non-hydrogen) atoms. The molecule has 0 bridgehead atoms. The number of hydrogen-bond acceptors (Lipinski definition) is 1. The van der Waals surface area contributed by atoms with Crippen LogP contribution in [-0.2, 0) is 0 Å². The molecule has 1 fully saturated rings. The van der Waals surface area contributed by atoms with Crippen LogP contribution in [0.4, 0.5) is 0 Å². The van der Waals surface area contributed by atoms with Crippen molar-refractivity contribution < 1.29 is 0 Å². The quantitative estimate of drug-likeness (QED) is 0.385. The molecule has 0 N–H and O–H groups in total. The zero-order valence-corrected chi connectivity index (χ0v) is 18.3. The molecule has 0 spiro atoms. The summed E-state index contributed by atoms with van der Waals surface area (Å²) in [4.78, 5) is 1.35. The average Bonchev–Trinajstić information content (AvgIpc) is 2.60. The second-order valence-electron chi connectivity index (χ2n) is 8.87. The van der Waals surface area contributed by atoms with Gasteiger partial charge < -0.3 is 0 Å². The van der Waals surface area contributed by atoms with Gasteiger partial charge in [0.15, 0.2) is 0 Å². The molecule has 0 radical (unpaired) electrons. The number of thiocarbonyl (C=S) groups is 1. The van der Waals surface area contributed by atoms with Crippen LogP contribution in [-0.4, -0.2) is 4.86 Å². The Bertz CT molecular complexity index is 309. The van der Waals surface area contributed by atoms with Crippen LogP contribution in [0.1, 0.15) is 136 Å². The van der Waals surface area contributed by atoms with Crippen molar-refractivity contribution in [2.24, 2.45) is 11.8 Å². The first-order chi connectivity index (χ1) is 12.2. The van der Waals surface area contributed by atoms with E-state index in [-0.39, 0.29) is 0 Å². The van der Waals surface area contributed by atoms with Crippen LogP contribution in [0.5, 0.6) is 0 Å². The van der Waals surface area contributed by atoms with E-state index in [4.69, 9.17) is 12.2 Å². The normalized spacial score (nSPS) is 28.6. The lowest BCUT2D eigenvalue weighted by Crippen LogP contribution is -2.09. The van der Waals surface area contributed by atoms with E-state index in [1.807, 2.05) is 0 Å². The minimum Gasteiger partial charge on any atom is -0.0897 e. The maximum atomic E-state index is 5.61.